The lowest BCUT2D eigenvalue weighted by atomic mass is 10.6. The van der Waals surface area contributed by atoms with Gasteiger partial charge in [-0.3, -0.25) is 0 Å². The first-order chi connectivity index (χ1) is 3.79. The van der Waals surface area contributed by atoms with Crippen LogP contribution in [0, 0.1) is 0 Å². The molecule has 0 spiro atoms. The number of aromatic nitrogens is 2. The topological polar surface area (TPSA) is 71.8 Å². The molecule has 0 amide bonds. The number of aromatic amines is 1. The van der Waals surface area contributed by atoms with Crippen molar-refractivity contribution in [1.29, 1.82) is 0 Å². The Morgan fingerprint density at radius 3 is 2.88 bits per heavy atom. The molecule has 0 unspecified atom stereocenters. The summed E-state index contributed by atoms with van der Waals surface area (Å²) in [4.78, 5) is 15.8. The van der Waals surface area contributed by atoms with Gasteiger partial charge in [-0.1, -0.05) is 0 Å². The van der Waals surface area contributed by atoms with Crippen LogP contribution in [0.3, 0.4) is 0 Å². The fraction of sp³-hybridized carbons (Fsp3) is 0. The van der Waals surface area contributed by atoms with E-state index in [1.54, 1.807) is 0 Å². The van der Waals surface area contributed by atoms with E-state index < -0.39 is 0 Å². The zero-order chi connectivity index (χ0) is 5.98. The Morgan fingerprint density at radius 2 is 2.50 bits per heavy atom. The summed E-state index contributed by atoms with van der Waals surface area (Å²) >= 11 is 0. The average molecular weight is 111 g/mol. The highest BCUT2D eigenvalue weighted by atomic mass is 16.1. The van der Waals surface area contributed by atoms with Gasteiger partial charge in [-0.15, -0.1) is 0 Å². The molecule has 0 bridgehead atoms. The van der Waals surface area contributed by atoms with Crippen molar-refractivity contribution in [2.45, 2.75) is 0 Å². The van der Waals surface area contributed by atoms with E-state index >= 15 is 0 Å². The number of H-pyrrole nitrogens is 1. The minimum Gasteiger partial charge on any atom is -0.396 e. The van der Waals surface area contributed by atoms with Crippen molar-refractivity contribution in [2.75, 3.05) is 5.73 Å². The number of hydrogen-bond acceptors (Lipinski definition) is 3. The second kappa shape index (κ2) is 1.65. The maximum Gasteiger partial charge on any atom is 0.345 e. The number of anilines is 1. The smallest absolute Gasteiger partial charge is 0.345 e. The zero-order valence-corrected chi connectivity index (χ0v) is 4.09. The summed E-state index contributed by atoms with van der Waals surface area (Å²) in [6.45, 7) is 0. The Kier molecular flexibility index (Phi) is 0.997. The third-order valence-electron chi connectivity index (χ3n) is 0.693. The summed E-state index contributed by atoms with van der Waals surface area (Å²) in [6, 6.07) is 0. The standard InChI is InChI=1S/C4H5N3O/c5-3-1-6-4(8)7-2-3/h1-2H,5H2,(H,6,7,8). The first kappa shape index (κ1) is 4.83. The van der Waals surface area contributed by atoms with Gasteiger partial charge < -0.3 is 10.7 Å². The minimum atomic E-state index is -0.376. The molecule has 1 rings (SSSR count). The van der Waals surface area contributed by atoms with Gasteiger partial charge in [0.25, 0.3) is 0 Å². The molecule has 0 aromatic carbocycles. The number of nitrogen functional groups attached to an aromatic ring is 1. The second-order valence-corrected chi connectivity index (χ2v) is 1.35. The van der Waals surface area contributed by atoms with Crippen LogP contribution in [0.15, 0.2) is 17.2 Å². The minimum absolute atomic E-state index is 0.376. The molecule has 8 heavy (non-hydrogen) atoms. The summed E-state index contributed by atoms with van der Waals surface area (Å²) in [5.74, 6) is 0. The molecule has 42 valence electrons. The van der Waals surface area contributed by atoms with Crippen LogP contribution in [0.4, 0.5) is 5.69 Å². The molecular formula is C4H5N3O. The van der Waals surface area contributed by atoms with Crippen molar-refractivity contribution in [3.63, 3.8) is 0 Å². The summed E-state index contributed by atoms with van der Waals surface area (Å²) in [7, 11) is 0. The maximum atomic E-state index is 10.2. The first-order valence-corrected chi connectivity index (χ1v) is 2.09. The molecule has 0 aliphatic carbocycles. The van der Waals surface area contributed by atoms with Crippen LogP contribution in [-0.2, 0) is 0 Å². The van der Waals surface area contributed by atoms with Crippen LogP contribution in [0.2, 0.25) is 0 Å². The maximum absolute atomic E-state index is 10.2. The average Bonchev–Trinajstić information content (AvgIpc) is 1.77. The second-order valence-electron chi connectivity index (χ2n) is 1.35. The monoisotopic (exact) mass is 111 g/mol. The number of hydrogen-bond donors (Lipinski definition) is 2. The largest absolute Gasteiger partial charge is 0.396 e. The molecule has 1 aromatic rings. The normalized spacial score (nSPS) is 9.00. The molecule has 1 heterocycles. The van der Waals surface area contributed by atoms with Gasteiger partial charge in [0.1, 0.15) is 0 Å². The first-order valence-electron chi connectivity index (χ1n) is 2.09. The quantitative estimate of drug-likeness (QED) is 0.467. The molecule has 0 saturated carbocycles. The van der Waals surface area contributed by atoms with Crippen LogP contribution in [0.1, 0.15) is 0 Å². The summed E-state index contributed by atoms with van der Waals surface area (Å²) in [6.07, 6.45) is 2.70. The van der Waals surface area contributed by atoms with E-state index in [1.165, 1.54) is 12.4 Å². The highest BCUT2D eigenvalue weighted by molar-refractivity contribution is 5.28. The van der Waals surface area contributed by atoms with E-state index in [0.29, 0.717) is 5.69 Å². The molecule has 0 atom stereocenters. The summed E-state index contributed by atoms with van der Waals surface area (Å²) < 4.78 is 0. The Morgan fingerprint density at radius 1 is 1.75 bits per heavy atom. The number of rotatable bonds is 0. The molecule has 4 nitrogen and oxygen atoms in total. The van der Waals surface area contributed by atoms with Gasteiger partial charge in [0, 0.05) is 6.20 Å². The van der Waals surface area contributed by atoms with Crippen molar-refractivity contribution in [3.8, 4) is 0 Å². The molecule has 0 aliphatic heterocycles. The van der Waals surface area contributed by atoms with Crippen molar-refractivity contribution < 1.29 is 0 Å². The van der Waals surface area contributed by atoms with Gasteiger partial charge in [-0.05, 0) is 0 Å². The predicted octanol–water partition coefficient (Wildman–Crippen LogP) is -0.648. The number of nitrogens with zero attached hydrogens (tertiary/aromatic N) is 1. The highest BCUT2D eigenvalue weighted by Crippen LogP contribution is 1.85. The van der Waals surface area contributed by atoms with E-state index in [4.69, 9.17) is 5.73 Å². The van der Waals surface area contributed by atoms with Gasteiger partial charge >= 0.3 is 5.69 Å². The molecular weight excluding hydrogens is 106 g/mol. The van der Waals surface area contributed by atoms with Gasteiger partial charge in [0.2, 0.25) is 0 Å². The summed E-state index contributed by atoms with van der Waals surface area (Å²) in [5.41, 5.74) is 5.28. The van der Waals surface area contributed by atoms with Gasteiger partial charge in [-0.25, -0.2) is 4.79 Å². The van der Waals surface area contributed by atoms with Gasteiger partial charge in [-0.2, -0.15) is 4.98 Å². The molecule has 1 aromatic heterocycles. The lowest BCUT2D eigenvalue weighted by Crippen LogP contribution is -2.08. The number of nitrogens with one attached hydrogen (secondary N) is 1. The predicted molar refractivity (Wildman–Crippen MR) is 29.3 cm³/mol. The lowest BCUT2D eigenvalue weighted by Gasteiger charge is -1.83. The van der Waals surface area contributed by atoms with E-state index in [1.807, 2.05) is 0 Å². The van der Waals surface area contributed by atoms with E-state index in [2.05, 4.69) is 9.97 Å². The number of nitrogens with two attached hydrogens (primary N) is 1. The van der Waals surface area contributed by atoms with Crippen molar-refractivity contribution in [2.24, 2.45) is 0 Å². The Hall–Kier alpha value is -1.32. The van der Waals surface area contributed by atoms with Crippen LogP contribution in [-0.4, -0.2) is 9.97 Å². The van der Waals surface area contributed by atoms with Crippen LogP contribution >= 0.6 is 0 Å². The van der Waals surface area contributed by atoms with E-state index in [-0.39, 0.29) is 5.69 Å². The molecule has 0 radical (unpaired) electrons. The molecule has 3 N–H and O–H groups in total. The molecule has 0 saturated heterocycles. The third kappa shape index (κ3) is 0.841. The van der Waals surface area contributed by atoms with Gasteiger partial charge in [0.15, 0.2) is 0 Å². The SMILES string of the molecule is Nc1cnc(=O)[nH]c1. The van der Waals surface area contributed by atoms with Crippen molar-refractivity contribution in [1.82, 2.24) is 9.97 Å². The molecule has 0 fully saturated rings. The molecule has 0 aliphatic rings. The zero-order valence-electron chi connectivity index (χ0n) is 4.09. The van der Waals surface area contributed by atoms with Crippen LogP contribution in [0.25, 0.3) is 0 Å². The Labute approximate surface area is 45.4 Å². The van der Waals surface area contributed by atoms with Crippen molar-refractivity contribution in [3.05, 3.63) is 22.9 Å². The van der Waals surface area contributed by atoms with E-state index in [9.17, 15) is 4.79 Å². The fourth-order valence-electron chi connectivity index (χ4n) is 0.353. The van der Waals surface area contributed by atoms with Crippen molar-refractivity contribution >= 4 is 5.69 Å². The summed E-state index contributed by atoms with van der Waals surface area (Å²) in [5, 5.41) is 0. The van der Waals surface area contributed by atoms with Crippen LogP contribution in [0.5, 0.6) is 0 Å². The van der Waals surface area contributed by atoms with Gasteiger partial charge in [0.05, 0.1) is 11.9 Å². The Balaban J connectivity index is 3.22. The molecule has 4 heteroatoms. The van der Waals surface area contributed by atoms with Crippen LogP contribution < -0.4 is 11.4 Å². The highest BCUT2D eigenvalue weighted by Gasteiger charge is 1.80. The lowest BCUT2D eigenvalue weighted by molar-refractivity contribution is 1.08. The third-order valence-corrected chi connectivity index (χ3v) is 0.693. The Bertz CT molecular complexity index is 208. The fourth-order valence-corrected chi connectivity index (χ4v) is 0.353. The van der Waals surface area contributed by atoms with E-state index in [0.717, 1.165) is 0 Å².